The molecule has 1 aliphatic rings. The van der Waals surface area contributed by atoms with Crippen molar-refractivity contribution in [2.75, 3.05) is 13.0 Å². The van der Waals surface area contributed by atoms with Gasteiger partial charge in [0.15, 0.2) is 6.29 Å². The van der Waals surface area contributed by atoms with Crippen LogP contribution in [0.2, 0.25) is 0 Å². The molecule has 0 aliphatic carbocycles. The van der Waals surface area contributed by atoms with Crippen LogP contribution in [0.5, 0.6) is 0 Å². The Morgan fingerprint density at radius 1 is 0.852 bits per heavy atom. The van der Waals surface area contributed by atoms with Crippen molar-refractivity contribution in [1.82, 2.24) is 0 Å². The molecule has 0 aromatic heterocycles. The second-order valence-corrected chi connectivity index (χ2v) is 7.21. The predicted octanol–water partition coefficient (Wildman–Crippen LogP) is 4.37. The van der Waals surface area contributed by atoms with E-state index >= 15 is 0 Å². The molecule has 0 spiro atoms. The number of hydrogen-bond donors (Lipinski definition) is 0. The van der Waals surface area contributed by atoms with Crippen LogP contribution in [-0.4, -0.2) is 43.0 Å². The summed E-state index contributed by atoms with van der Waals surface area (Å²) in [5.41, 5.74) is 2.12. The molecule has 2 aromatic carbocycles. The maximum Gasteiger partial charge on any atom is 0.186 e. The van der Waals surface area contributed by atoms with E-state index < -0.39 is 23.9 Å². The van der Waals surface area contributed by atoms with Crippen LogP contribution in [0.15, 0.2) is 60.7 Å². The molecule has 2 aromatic rings. The van der Waals surface area contributed by atoms with Gasteiger partial charge in [0.2, 0.25) is 0 Å². The molecular formula is C21H24Cl2O4. The first-order chi connectivity index (χ1) is 13.2. The monoisotopic (exact) mass is 410 g/mol. The first kappa shape index (κ1) is 20.6. The molecule has 1 heterocycles. The van der Waals surface area contributed by atoms with E-state index in [1.165, 1.54) is 0 Å². The van der Waals surface area contributed by atoms with Crippen LogP contribution in [0.25, 0.3) is 0 Å². The summed E-state index contributed by atoms with van der Waals surface area (Å²) >= 11 is 12.7. The zero-order valence-electron chi connectivity index (χ0n) is 15.2. The van der Waals surface area contributed by atoms with Crippen LogP contribution in [0, 0.1) is 0 Å². The van der Waals surface area contributed by atoms with Crippen LogP contribution < -0.4 is 0 Å². The lowest BCUT2D eigenvalue weighted by Gasteiger charge is -2.43. The predicted molar refractivity (Wildman–Crippen MR) is 106 cm³/mol. The molecule has 5 atom stereocenters. The lowest BCUT2D eigenvalue weighted by molar-refractivity contribution is -0.274. The lowest BCUT2D eigenvalue weighted by atomic mass is 10.0. The minimum atomic E-state index is -0.603. The largest absolute Gasteiger partial charge is 0.369 e. The average Bonchev–Trinajstić information content (AvgIpc) is 2.73. The van der Waals surface area contributed by atoms with Crippen molar-refractivity contribution < 1.29 is 18.9 Å². The van der Waals surface area contributed by atoms with Gasteiger partial charge in [-0.1, -0.05) is 60.7 Å². The number of benzene rings is 2. The third-order valence-electron chi connectivity index (χ3n) is 4.52. The van der Waals surface area contributed by atoms with Crippen LogP contribution in [0.1, 0.15) is 11.1 Å². The summed E-state index contributed by atoms with van der Waals surface area (Å²) in [6.45, 7) is 0.834. The molecule has 0 N–H and O–H groups in total. The van der Waals surface area contributed by atoms with E-state index in [1.54, 1.807) is 7.11 Å². The molecule has 0 bridgehead atoms. The maximum atomic E-state index is 6.64. The Bertz CT molecular complexity index is 670. The molecule has 1 saturated heterocycles. The van der Waals surface area contributed by atoms with E-state index in [-0.39, 0.29) is 12.0 Å². The van der Waals surface area contributed by atoms with Crippen LogP contribution in [0.3, 0.4) is 0 Å². The Kier molecular flexibility index (Phi) is 7.94. The van der Waals surface area contributed by atoms with Gasteiger partial charge in [0.1, 0.15) is 12.2 Å². The molecule has 3 rings (SSSR count). The Hall–Kier alpha value is -1.14. The summed E-state index contributed by atoms with van der Waals surface area (Å²) < 4.78 is 23.7. The summed E-state index contributed by atoms with van der Waals surface area (Å²) in [6, 6.07) is 19.9. The molecule has 0 unspecified atom stereocenters. The Labute approximate surface area is 170 Å². The van der Waals surface area contributed by atoms with Gasteiger partial charge in [-0.2, -0.15) is 0 Å². The molecule has 6 heteroatoms. The van der Waals surface area contributed by atoms with E-state index in [4.69, 9.17) is 42.1 Å². The summed E-state index contributed by atoms with van der Waals surface area (Å²) in [7, 11) is 1.58. The first-order valence-electron chi connectivity index (χ1n) is 8.92. The van der Waals surface area contributed by atoms with E-state index in [0.29, 0.717) is 13.2 Å². The summed E-state index contributed by atoms with van der Waals surface area (Å²) in [5.74, 6) is 0.255. The summed E-state index contributed by atoms with van der Waals surface area (Å²) in [6.07, 6.45) is -1.87. The number of hydrogen-bond acceptors (Lipinski definition) is 4. The number of halogens is 2. The highest BCUT2D eigenvalue weighted by Crippen LogP contribution is 2.31. The van der Waals surface area contributed by atoms with Crippen LogP contribution >= 0.6 is 23.2 Å². The number of alkyl halides is 2. The minimum absolute atomic E-state index is 0.255. The van der Waals surface area contributed by atoms with Crippen LogP contribution in [0.4, 0.5) is 0 Å². The zero-order valence-corrected chi connectivity index (χ0v) is 16.7. The molecule has 4 nitrogen and oxygen atoms in total. The van der Waals surface area contributed by atoms with Crippen molar-refractivity contribution in [3.8, 4) is 0 Å². The van der Waals surface area contributed by atoms with Gasteiger partial charge in [0, 0.05) is 7.11 Å². The van der Waals surface area contributed by atoms with Gasteiger partial charge in [-0.15, -0.1) is 23.2 Å². The van der Waals surface area contributed by atoms with E-state index in [1.807, 2.05) is 60.7 Å². The van der Waals surface area contributed by atoms with Crippen molar-refractivity contribution in [1.29, 1.82) is 0 Å². The van der Waals surface area contributed by atoms with Crippen molar-refractivity contribution in [2.45, 2.75) is 43.2 Å². The second kappa shape index (κ2) is 10.4. The molecular weight excluding hydrogens is 387 g/mol. The van der Waals surface area contributed by atoms with Gasteiger partial charge >= 0.3 is 0 Å². The van der Waals surface area contributed by atoms with Gasteiger partial charge in [0.25, 0.3) is 0 Å². The van der Waals surface area contributed by atoms with Gasteiger partial charge < -0.3 is 18.9 Å². The molecule has 1 aliphatic heterocycles. The van der Waals surface area contributed by atoms with Crippen LogP contribution in [-0.2, 0) is 32.2 Å². The molecule has 27 heavy (non-hydrogen) atoms. The Balaban J connectivity index is 1.73. The fraction of sp³-hybridized carbons (Fsp3) is 0.429. The molecule has 146 valence electrons. The van der Waals surface area contributed by atoms with Gasteiger partial charge in [0.05, 0.1) is 30.6 Å². The molecule has 1 fully saturated rings. The fourth-order valence-corrected chi connectivity index (χ4v) is 3.80. The standard InChI is InChI=1S/C21H24Cl2O4/c1-24-21-20(26-14-16-10-6-3-7-11-16)19(18(23)17(12-22)27-21)25-13-15-8-4-2-5-9-15/h2-11,17-21H,12-14H2,1H3/t17-,18-,19+,20-,21+/m1/s1. The van der Waals surface area contributed by atoms with Crippen molar-refractivity contribution in [3.05, 3.63) is 71.8 Å². The number of methoxy groups -OCH3 is 1. The van der Waals surface area contributed by atoms with Gasteiger partial charge in [-0.05, 0) is 11.1 Å². The van der Waals surface area contributed by atoms with Crippen molar-refractivity contribution >= 4 is 23.2 Å². The number of ether oxygens (including phenoxy) is 4. The quantitative estimate of drug-likeness (QED) is 0.605. The van der Waals surface area contributed by atoms with Crippen molar-refractivity contribution in [3.63, 3.8) is 0 Å². The number of rotatable bonds is 8. The van der Waals surface area contributed by atoms with Gasteiger partial charge in [-0.25, -0.2) is 0 Å². The lowest BCUT2D eigenvalue weighted by Crippen LogP contribution is -2.58. The van der Waals surface area contributed by atoms with E-state index in [0.717, 1.165) is 11.1 Å². The highest BCUT2D eigenvalue weighted by molar-refractivity contribution is 6.23. The SMILES string of the molecule is CO[C@H]1O[C@H](CCl)[C@@H](Cl)[C@H](OCc2ccccc2)[C@H]1OCc1ccccc1. The molecule has 0 radical (unpaired) electrons. The first-order valence-corrected chi connectivity index (χ1v) is 9.89. The highest BCUT2D eigenvalue weighted by atomic mass is 35.5. The second-order valence-electron chi connectivity index (χ2n) is 6.40. The third-order valence-corrected chi connectivity index (χ3v) is 5.36. The Morgan fingerprint density at radius 3 is 1.85 bits per heavy atom. The summed E-state index contributed by atoms with van der Waals surface area (Å²) in [5, 5.41) is -0.446. The highest BCUT2D eigenvalue weighted by Gasteiger charge is 2.46. The average molecular weight is 411 g/mol. The maximum absolute atomic E-state index is 6.64. The molecule has 0 saturated carbocycles. The zero-order chi connectivity index (χ0) is 19.1. The third kappa shape index (κ3) is 5.44. The van der Waals surface area contributed by atoms with E-state index in [2.05, 4.69) is 0 Å². The van der Waals surface area contributed by atoms with E-state index in [9.17, 15) is 0 Å². The normalized spacial score (nSPS) is 28.2. The van der Waals surface area contributed by atoms with Gasteiger partial charge in [-0.3, -0.25) is 0 Å². The fourth-order valence-electron chi connectivity index (χ4n) is 3.08. The van der Waals surface area contributed by atoms with Crippen molar-refractivity contribution in [2.24, 2.45) is 0 Å². The Morgan fingerprint density at radius 2 is 1.37 bits per heavy atom. The summed E-state index contributed by atoms with van der Waals surface area (Å²) in [4.78, 5) is 0. The molecule has 0 amide bonds. The smallest absolute Gasteiger partial charge is 0.186 e. The topological polar surface area (TPSA) is 36.9 Å². The minimum Gasteiger partial charge on any atom is -0.369 e.